The zero-order valence-corrected chi connectivity index (χ0v) is 12.6. The lowest BCUT2D eigenvalue weighted by atomic mass is 10.2. The molecule has 0 fully saturated rings. The first-order chi connectivity index (χ1) is 10.2. The van der Waals surface area contributed by atoms with Crippen molar-refractivity contribution in [2.45, 2.75) is 5.75 Å². The molecule has 1 aromatic carbocycles. The molecule has 0 bridgehead atoms. The molecule has 4 nitrogen and oxygen atoms in total. The summed E-state index contributed by atoms with van der Waals surface area (Å²) in [6, 6.07) is 14.5. The molecule has 1 heterocycles. The van der Waals surface area contributed by atoms with Gasteiger partial charge in [-0.05, 0) is 29.8 Å². The predicted octanol–water partition coefficient (Wildman–Crippen LogP) is 3.48. The number of rotatable bonds is 5. The Labute approximate surface area is 132 Å². The van der Waals surface area contributed by atoms with Crippen LogP contribution in [0.5, 0.6) is 0 Å². The van der Waals surface area contributed by atoms with Crippen molar-refractivity contribution in [1.29, 1.82) is 5.26 Å². The van der Waals surface area contributed by atoms with E-state index in [-0.39, 0.29) is 5.91 Å². The van der Waals surface area contributed by atoms with Crippen LogP contribution in [0.1, 0.15) is 11.1 Å². The lowest BCUT2D eigenvalue weighted by Crippen LogP contribution is -2.15. The molecule has 1 N–H and O–H groups in total. The molecule has 0 radical (unpaired) electrons. The van der Waals surface area contributed by atoms with E-state index in [1.807, 2.05) is 12.1 Å². The van der Waals surface area contributed by atoms with Gasteiger partial charge >= 0.3 is 0 Å². The summed E-state index contributed by atoms with van der Waals surface area (Å²) in [7, 11) is 0. The summed E-state index contributed by atoms with van der Waals surface area (Å²) in [4.78, 5) is 15.7. The van der Waals surface area contributed by atoms with Gasteiger partial charge in [-0.2, -0.15) is 5.26 Å². The Kier molecular flexibility index (Phi) is 5.61. The molecule has 0 aliphatic rings. The van der Waals surface area contributed by atoms with E-state index in [0.29, 0.717) is 28.0 Å². The zero-order valence-electron chi connectivity index (χ0n) is 11.0. The first-order valence-corrected chi connectivity index (χ1v) is 7.70. The monoisotopic (exact) mass is 317 g/mol. The van der Waals surface area contributed by atoms with E-state index in [4.69, 9.17) is 16.9 Å². The number of thioether (sulfide) groups is 1. The number of carbonyl (C=O) groups is 1. The summed E-state index contributed by atoms with van der Waals surface area (Å²) in [5.41, 5.74) is 1.71. The van der Waals surface area contributed by atoms with Crippen molar-refractivity contribution in [3.63, 3.8) is 0 Å². The number of anilines is 1. The SMILES string of the molecule is N#Cc1ccc(CSCC(=O)Nc2cccc(Cl)n2)cc1. The molecule has 0 saturated carbocycles. The van der Waals surface area contributed by atoms with E-state index in [9.17, 15) is 4.79 Å². The summed E-state index contributed by atoms with van der Waals surface area (Å²) in [6.07, 6.45) is 0. The van der Waals surface area contributed by atoms with Crippen molar-refractivity contribution in [3.05, 3.63) is 58.7 Å². The summed E-state index contributed by atoms with van der Waals surface area (Å²) in [5.74, 6) is 1.37. The molecular formula is C15H12ClN3OS. The van der Waals surface area contributed by atoms with Gasteiger partial charge in [0.05, 0.1) is 17.4 Å². The molecular weight excluding hydrogens is 306 g/mol. The standard InChI is InChI=1S/C15H12ClN3OS/c16-13-2-1-3-14(18-13)19-15(20)10-21-9-12-6-4-11(8-17)5-7-12/h1-7H,9-10H2,(H,18,19,20). The quantitative estimate of drug-likeness (QED) is 0.857. The maximum atomic E-state index is 11.8. The number of nitrogens with one attached hydrogen (secondary N) is 1. The number of halogens is 1. The number of hydrogen-bond acceptors (Lipinski definition) is 4. The molecule has 2 rings (SSSR count). The van der Waals surface area contributed by atoms with E-state index >= 15 is 0 Å². The lowest BCUT2D eigenvalue weighted by molar-refractivity contribution is -0.113. The van der Waals surface area contributed by atoms with Crippen molar-refractivity contribution < 1.29 is 4.79 Å². The van der Waals surface area contributed by atoms with Crippen LogP contribution in [-0.4, -0.2) is 16.6 Å². The zero-order chi connectivity index (χ0) is 15.1. The Bertz CT molecular complexity index is 667. The molecule has 21 heavy (non-hydrogen) atoms. The van der Waals surface area contributed by atoms with Gasteiger partial charge in [-0.3, -0.25) is 4.79 Å². The Morgan fingerprint density at radius 1 is 1.29 bits per heavy atom. The highest BCUT2D eigenvalue weighted by molar-refractivity contribution is 7.99. The Hall–Kier alpha value is -2.03. The minimum absolute atomic E-state index is 0.122. The number of aromatic nitrogens is 1. The molecule has 0 saturated heterocycles. The fraction of sp³-hybridized carbons (Fsp3) is 0.133. The third kappa shape index (κ3) is 5.10. The summed E-state index contributed by atoms with van der Waals surface area (Å²) in [5, 5.41) is 11.7. The number of nitriles is 1. The molecule has 6 heteroatoms. The van der Waals surface area contributed by atoms with E-state index < -0.39 is 0 Å². The third-order valence-corrected chi connectivity index (χ3v) is 3.78. The van der Waals surface area contributed by atoms with Crippen LogP contribution < -0.4 is 5.32 Å². The van der Waals surface area contributed by atoms with Gasteiger partial charge in [-0.25, -0.2) is 4.98 Å². The van der Waals surface area contributed by atoms with Crippen molar-refractivity contribution in [2.24, 2.45) is 0 Å². The molecule has 2 aromatic rings. The van der Waals surface area contributed by atoms with E-state index in [2.05, 4.69) is 16.4 Å². The number of pyridine rings is 1. The smallest absolute Gasteiger partial charge is 0.235 e. The number of benzene rings is 1. The molecule has 1 amide bonds. The highest BCUT2D eigenvalue weighted by Crippen LogP contribution is 2.14. The van der Waals surface area contributed by atoms with Crippen LogP contribution in [0.3, 0.4) is 0 Å². The second-order valence-corrected chi connectivity index (χ2v) is 5.57. The second-order valence-electron chi connectivity index (χ2n) is 4.20. The van der Waals surface area contributed by atoms with Crippen molar-refractivity contribution in [3.8, 4) is 6.07 Å². The van der Waals surface area contributed by atoms with Crippen LogP contribution in [0.4, 0.5) is 5.82 Å². The first-order valence-electron chi connectivity index (χ1n) is 6.16. The fourth-order valence-electron chi connectivity index (χ4n) is 1.59. The topological polar surface area (TPSA) is 65.8 Å². The normalized spacial score (nSPS) is 9.90. The van der Waals surface area contributed by atoms with Gasteiger partial charge in [-0.15, -0.1) is 11.8 Å². The number of carbonyl (C=O) groups excluding carboxylic acids is 1. The van der Waals surface area contributed by atoms with Crippen LogP contribution >= 0.6 is 23.4 Å². The molecule has 106 valence electrons. The molecule has 0 aliphatic heterocycles. The number of nitrogens with zero attached hydrogens (tertiary/aromatic N) is 2. The summed E-state index contributed by atoms with van der Waals surface area (Å²) >= 11 is 7.24. The number of amides is 1. The van der Waals surface area contributed by atoms with Crippen molar-refractivity contribution in [1.82, 2.24) is 4.98 Å². The van der Waals surface area contributed by atoms with Crippen LogP contribution in [0, 0.1) is 11.3 Å². The van der Waals surface area contributed by atoms with Gasteiger partial charge in [0.25, 0.3) is 0 Å². The fourth-order valence-corrected chi connectivity index (χ4v) is 2.55. The van der Waals surface area contributed by atoms with E-state index in [1.165, 1.54) is 11.8 Å². The maximum absolute atomic E-state index is 11.8. The Morgan fingerprint density at radius 2 is 2.05 bits per heavy atom. The first kappa shape index (κ1) is 15.4. The second kappa shape index (κ2) is 7.67. The van der Waals surface area contributed by atoms with Crippen molar-refractivity contribution in [2.75, 3.05) is 11.1 Å². The summed E-state index contributed by atoms with van der Waals surface area (Å²) in [6.45, 7) is 0. The van der Waals surface area contributed by atoms with Crippen LogP contribution in [-0.2, 0) is 10.5 Å². The van der Waals surface area contributed by atoms with E-state index in [0.717, 1.165) is 5.56 Å². The Balaban J connectivity index is 1.77. The molecule has 1 aromatic heterocycles. The van der Waals surface area contributed by atoms with Gasteiger partial charge in [0.15, 0.2) is 0 Å². The minimum atomic E-state index is -0.122. The molecule has 0 unspecified atom stereocenters. The lowest BCUT2D eigenvalue weighted by Gasteiger charge is -2.05. The van der Waals surface area contributed by atoms with E-state index in [1.54, 1.807) is 30.3 Å². The largest absolute Gasteiger partial charge is 0.310 e. The van der Waals surface area contributed by atoms with Gasteiger partial charge in [0, 0.05) is 5.75 Å². The molecule has 0 atom stereocenters. The van der Waals surface area contributed by atoms with Crippen LogP contribution in [0.15, 0.2) is 42.5 Å². The average Bonchev–Trinajstić information content (AvgIpc) is 2.48. The average molecular weight is 318 g/mol. The summed E-state index contributed by atoms with van der Waals surface area (Å²) < 4.78 is 0. The van der Waals surface area contributed by atoms with Gasteiger partial charge in [0.2, 0.25) is 5.91 Å². The van der Waals surface area contributed by atoms with Gasteiger partial charge < -0.3 is 5.32 Å². The molecule has 0 aliphatic carbocycles. The maximum Gasteiger partial charge on any atom is 0.235 e. The Morgan fingerprint density at radius 3 is 2.71 bits per heavy atom. The molecule has 0 spiro atoms. The van der Waals surface area contributed by atoms with Crippen LogP contribution in [0.25, 0.3) is 0 Å². The van der Waals surface area contributed by atoms with Crippen LogP contribution in [0.2, 0.25) is 5.15 Å². The van der Waals surface area contributed by atoms with Crippen molar-refractivity contribution >= 4 is 35.1 Å². The predicted molar refractivity (Wildman–Crippen MR) is 85.2 cm³/mol. The van der Waals surface area contributed by atoms with Gasteiger partial charge in [-0.1, -0.05) is 29.8 Å². The number of hydrogen-bond donors (Lipinski definition) is 1. The highest BCUT2D eigenvalue weighted by atomic mass is 35.5. The minimum Gasteiger partial charge on any atom is -0.310 e. The highest BCUT2D eigenvalue weighted by Gasteiger charge is 2.04. The third-order valence-electron chi connectivity index (χ3n) is 2.57. The van der Waals surface area contributed by atoms with Gasteiger partial charge in [0.1, 0.15) is 11.0 Å².